The fraction of sp³-hybridized carbons (Fsp3) is 0.263. The molecule has 2 aromatic rings. The Bertz CT molecular complexity index is 787. The molecule has 1 unspecified atom stereocenters. The van der Waals surface area contributed by atoms with Crippen LogP contribution >= 0.6 is 11.6 Å². The fourth-order valence-corrected chi connectivity index (χ4v) is 4.09. The molecule has 4 nitrogen and oxygen atoms in total. The Morgan fingerprint density at radius 1 is 1.04 bits per heavy atom. The van der Waals surface area contributed by atoms with Crippen molar-refractivity contribution >= 4 is 23.4 Å². The molecule has 3 atom stereocenters. The number of halogens is 1. The van der Waals surface area contributed by atoms with Gasteiger partial charge in [0.25, 0.3) is 11.8 Å². The van der Waals surface area contributed by atoms with Crippen molar-refractivity contribution in [2.24, 2.45) is 0 Å². The van der Waals surface area contributed by atoms with Gasteiger partial charge in [0.1, 0.15) is 0 Å². The molecule has 2 aromatic carbocycles. The minimum absolute atomic E-state index is 0.0310. The van der Waals surface area contributed by atoms with E-state index in [-0.39, 0.29) is 23.6 Å². The standard InChI is InChI=1S/C19H16ClNO3/c20-11-16(22)19(10-15(19)12-6-2-1-3-7-12)21-17(23)13-8-4-5-9-14(13)18(21)24/h1-9,15-16,22H,10-11H2/t15-,16-,19?/m0/s1. The van der Waals surface area contributed by atoms with Crippen LogP contribution in [0.3, 0.4) is 0 Å². The number of fused-ring (bicyclic) bond motifs is 1. The molecule has 0 saturated heterocycles. The number of amides is 2. The van der Waals surface area contributed by atoms with Crippen LogP contribution in [0, 0.1) is 0 Å². The van der Waals surface area contributed by atoms with Crippen molar-refractivity contribution in [2.45, 2.75) is 24.0 Å². The van der Waals surface area contributed by atoms with Crippen LogP contribution in [0.2, 0.25) is 0 Å². The third-order valence-electron chi connectivity index (χ3n) is 5.11. The smallest absolute Gasteiger partial charge is 0.262 e. The summed E-state index contributed by atoms with van der Waals surface area (Å²) in [5.41, 5.74) is 0.818. The van der Waals surface area contributed by atoms with Gasteiger partial charge < -0.3 is 5.11 Å². The number of aliphatic hydroxyl groups is 1. The molecule has 1 N–H and O–H groups in total. The van der Waals surface area contributed by atoms with E-state index in [2.05, 4.69) is 0 Å². The molecule has 0 bridgehead atoms. The zero-order valence-electron chi connectivity index (χ0n) is 12.9. The molecular formula is C19H16ClNO3. The van der Waals surface area contributed by atoms with Gasteiger partial charge in [-0.1, -0.05) is 42.5 Å². The third kappa shape index (κ3) is 1.96. The lowest BCUT2D eigenvalue weighted by molar-refractivity contribution is 0.0305. The van der Waals surface area contributed by atoms with Crippen molar-refractivity contribution < 1.29 is 14.7 Å². The van der Waals surface area contributed by atoms with E-state index in [1.807, 2.05) is 30.3 Å². The molecule has 122 valence electrons. The first-order valence-corrected chi connectivity index (χ1v) is 8.41. The Labute approximate surface area is 144 Å². The van der Waals surface area contributed by atoms with Gasteiger partial charge >= 0.3 is 0 Å². The van der Waals surface area contributed by atoms with E-state index in [0.29, 0.717) is 17.5 Å². The van der Waals surface area contributed by atoms with E-state index >= 15 is 0 Å². The number of hydrogen-bond acceptors (Lipinski definition) is 3. The van der Waals surface area contributed by atoms with Crippen molar-refractivity contribution in [1.82, 2.24) is 4.90 Å². The van der Waals surface area contributed by atoms with Gasteiger partial charge in [-0.15, -0.1) is 11.6 Å². The molecule has 0 radical (unpaired) electrons. The summed E-state index contributed by atoms with van der Waals surface area (Å²) in [7, 11) is 0. The van der Waals surface area contributed by atoms with Gasteiger partial charge in [-0.3, -0.25) is 14.5 Å². The van der Waals surface area contributed by atoms with Gasteiger partial charge in [0.15, 0.2) is 0 Å². The monoisotopic (exact) mass is 341 g/mol. The molecule has 1 aliphatic heterocycles. The van der Waals surface area contributed by atoms with Gasteiger partial charge in [0, 0.05) is 5.92 Å². The lowest BCUT2D eigenvalue weighted by Crippen LogP contribution is -2.51. The van der Waals surface area contributed by atoms with Crippen molar-refractivity contribution in [3.63, 3.8) is 0 Å². The van der Waals surface area contributed by atoms with Gasteiger partial charge in [-0.05, 0) is 24.1 Å². The maximum Gasteiger partial charge on any atom is 0.262 e. The molecule has 1 fully saturated rings. The summed E-state index contributed by atoms with van der Waals surface area (Å²) < 4.78 is 0. The number of hydrogen-bond donors (Lipinski definition) is 1. The summed E-state index contributed by atoms with van der Waals surface area (Å²) in [5.74, 6) is -0.831. The average Bonchev–Trinajstić information content (AvgIpc) is 3.32. The number of aliphatic hydroxyl groups excluding tert-OH is 1. The fourth-order valence-electron chi connectivity index (χ4n) is 3.83. The summed E-state index contributed by atoms with van der Waals surface area (Å²) in [6, 6.07) is 16.4. The number of imide groups is 1. The van der Waals surface area contributed by atoms with Gasteiger partial charge in [-0.25, -0.2) is 0 Å². The van der Waals surface area contributed by atoms with Crippen molar-refractivity contribution in [3.05, 3.63) is 71.3 Å². The minimum Gasteiger partial charge on any atom is -0.389 e. The molecule has 1 heterocycles. The topological polar surface area (TPSA) is 57.6 Å². The second kappa shape index (κ2) is 5.43. The Balaban J connectivity index is 1.78. The predicted molar refractivity (Wildman–Crippen MR) is 90.2 cm³/mol. The van der Waals surface area contributed by atoms with Crippen LogP contribution in [0.5, 0.6) is 0 Å². The van der Waals surface area contributed by atoms with Crippen LogP contribution in [0.1, 0.15) is 38.6 Å². The molecule has 5 heteroatoms. The Kier molecular flexibility index (Phi) is 3.48. The minimum atomic E-state index is -0.966. The average molecular weight is 342 g/mol. The van der Waals surface area contributed by atoms with Crippen LogP contribution in [0.15, 0.2) is 54.6 Å². The molecule has 4 rings (SSSR count). The zero-order valence-corrected chi connectivity index (χ0v) is 13.6. The molecular weight excluding hydrogens is 326 g/mol. The molecule has 0 aromatic heterocycles. The SMILES string of the molecule is O=C1c2ccccc2C(=O)N1C1([C@@H](O)CCl)C[C@H]1c1ccccc1. The van der Waals surface area contributed by atoms with Gasteiger partial charge in [-0.2, -0.15) is 0 Å². The number of carbonyl (C=O) groups excluding carboxylic acids is 2. The van der Waals surface area contributed by atoms with Crippen LogP contribution in [-0.2, 0) is 0 Å². The normalized spacial score (nSPS) is 26.4. The van der Waals surface area contributed by atoms with Gasteiger partial charge in [0.05, 0.1) is 28.6 Å². The van der Waals surface area contributed by atoms with Gasteiger partial charge in [0.2, 0.25) is 0 Å². The number of nitrogens with zero attached hydrogens (tertiary/aromatic N) is 1. The van der Waals surface area contributed by atoms with Crippen molar-refractivity contribution in [1.29, 1.82) is 0 Å². The summed E-state index contributed by atoms with van der Waals surface area (Å²) in [5, 5.41) is 10.6. The number of carbonyl (C=O) groups is 2. The van der Waals surface area contributed by atoms with E-state index in [1.165, 1.54) is 4.90 Å². The Hall–Kier alpha value is -2.17. The van der Waals surface area contributed by atoms with Crippen LogP contribution in [0.4, 0.5) is 0 Å². The highest BCUT2D eigenvalue weighted by atomic mass is 35.5. The van der Waals surface area contributed by atoms with E-state index in [4.69, 9.17) is 11.6 Å². The quantitative estimate of drug-likeness (QED) is 0.687. The number of rotatable bonds is 4. The molecule has 2 amide bonds. The summed E-state index contributed by atoms with van der Waals surface area (Å²) in [6.45, 7) is 0. The maximum absolute atomic E-state index is 12.8. The number of benzene rings is 2. The Morgan fingerprint density at radius 2 is 1.58 bits per heavy atom. The van der Waals surface area contributed by atoms with Crippen molar-refractivity contribution in [2.75, 3.05) is 5.88 Å². The lowest BCUT2D eigenvalue weighted by atomic mass is 10.00. The van der Waals surface area contributed by atoms with Crippen LogP contribution < -0.4 is 0 Å². The van der Waals surface area contributed by atoms with Crippen LogP contribution in [-0.4, -0.2) is 39.3 Å². The summed E-state index contributed by atoms with van der Waals surface area (Å²) in [4.78, 5) is 26.9. The zero-order chi connectivity index (χ0) is 16.9. The van der Waals surface area contributed by atoms with Crippen molar-refractivity contribution in [3.8, 4) is 0 Å². The van der Waals surface area contributed by atoms with E-state index in [0.717, 1.165) is 5.56 Å². The van der Waals surface area contributed by atoms with E-state index in [1.54, 1.807) is 24.3 Å². The first kappa shape index (κ1) is 15.4. The predicted octanol–water partition coefficient (Wildman–Crippen LogP) is 2.81. The molecule has 0 spiro atoms. The highest BCUT2D eigenvalue weighted by Gasteiger charge is 2.67. The second-order valence-corrected chi connectivity index (χ2v) is 6.63. The van der Waals surface area contributed by atoms with E-state index < -0.39 is 11.6 Å². The molecule has 1 aliphatic carbocycles. The molecule has 2 aliphatic rings. The Morgan fingerprint density at radius 3 is 2.12 bits per heavy atom. The highest BCUT2D eigenvalue weighted by molar-refractivity contribution is 6.22. The lowest BCUT2D eigenvalue weighted by Gasteiger charge is -2.31. The summed E-state index contributed by atoms with van der Waals surface area (Å²) in [6.07, 6.45) is -0.442. The first-order chi connectivity index (χ1) is 11.6. The second-order valence-electron chi connectivity index (χ2n) is 6.32. The summed E-state index contributed by atoms with van der Waals surface area (Å²) >= 11 is 5.92. The first-order valence-electron chi connectivity index (χ1n) is 7.88. The van der Waals surface area contributed by atoms with Crippen LogP contribution in [0.25, 0.3) is 0 Å². The van der Waals surface area contributed by atoms with E-state index in [9.17, 15) is 14.7 Å². The maximum atomic E-state index is 12.8. The highest BCUT2D eigenvalue weighted by Crippen LogP contribution is 2.59. The molecule has 1 saturated carbocycles. The largest absolute Gasteiger partial charge is 0.389 e. The third-order valence-corrected chi connectivity index (χ3v) is 5.40. The molecule has 24 heavy (non-hydrogen) atoms. The number of alkyl halides is 1.